The number of anilines is 1. The van der Waals surface area contributed by atoms with E-state index in [-0.39, 0.29) is 11.6 Å². The second kappa shape index (κ2) is 5.85. The van der Waals surface area contributed by atoms with E-state index in [9.17, 15) is 4.79 Å². The molecule has 1 spiro atoms. The smallest absolute Gasteiger partial charge is 0.252 e. The van der Waals surface area contributed by atoms with Crippen molar-refractivity contribution in [3.8, 4) is 0 Å². The van der Waals surface area contributed by atoms with Crippen LogP contribution >= 0.6 is 0 Å². The molecule has 4 N–H and O–H groups in total. The molecule has 120 valence electrons. The lowest BCUT2D eigenvalue weighted by Crippen LogP contribution is -2.41. The lowest BCUT2D eigenvalue weighted by atomic mass is 9.88. The fourth-order valence-electron chi connectivity index (χ4n) is 3.36. The summed E-state index contributed by atoms with van der Waals surface area (Å²) in [6, 6.07) is 1.98. The quantitative estimate of drug-likeness (QED) is 0.778. The van der Waals surface area contributed by atoms with Gasteiger partial charge in [-0.25, -0.2) is 4.98 Å². The predicted molar refractivity (Wildman–Crippen MR) is 85.0 cm³/mol. The van der Waals surface area contributed by atoms with Gasteiger partial charge < -0.3 is 21.1 Å². The number of piperidine rings is 1. The number of ether oxygens (including phenoxy) is 1. The second-order valence-electron chi connectivity index (χ2n) is 6.44. The van der Waals surface area contributed by atoms with Crippen molar-refractivity contribution in [1.29, 1.82) is 0 Å². The van der Waals surface area contributed by atoms with Gasteiger partial charge in [-0.3, -0.25) is 4.79 Å². The van der Waals surface area contributed by atoms with Crippen LogP contribution in [0.1, 0.15) is 40.9 Å². The Bertz CT molecular complexity index is 582. The molecular weight excluding hydrogens is 280 g/mol. The Kier molecular flexibility index (Phi) is 4.06. The number of hydrogen-bond acceptors (Lipinski definition) is 5. The number of nitrogens with one attached hydrogen (secondary N) is 2. The largest absolute Gasteiger partial charge is 0.373 e. The molecule has 6 heteroatoms. The first kappa shape index (κ1) is 15.2. The maximum absolute atomic E-state index is 11.7. The number of carbonyl (C=O) groups is 1. The van der Waals surface area contributed by atoms with Crippen LogP contribution in [0.3, 0.4) is 0 Å². The number of nitrogens with two attached hydrogens (primary N) is 1. The van der Waals surface area contributed by atoms with Gasteiger partial charge in [-0.2, -0.15) is 0 Å². The standard InChI is InChI=1S/C16H24N4O2/c1-10-7-13(14(17)21)15(19-11(10)2)20-12-8-16(22-9-12)3-5-18-6-4-16/h7,12,18H,3-6,8-9H2,1-2H3,(H2,17,21)(H,19,20). The Morgan fingerprint density at radius 1 is 1.45 bits per heavy atom. The summed E-state index contributed by atoms with van der Waals surface area (Å²) < 4.78 is 6.07. The average molecular weight is 304 g/mol. The van der Waals surface area contributed by atoms with Crippen LogP contribution < -0.4 is 16.4 Å². The number of primary amides is 1. The highest BCUT2D eigenvalue weighted by Gasteiger charge is 2.41. The molecule has 2 fully saturated rings. The molecule has 1 aromatic heterocycles. The third-order valence-corrected chi connectivity index (χ3v) is 4.80. The first-order chi connectivity index (χ1) is 10.5. The van der Waals surface area contributed by atoms with Crippen LogP contribution in [0.2, 0.25) is 0 Å². The van der Waals surface area contributed by atoms with E-state index in [0.29, 0.717) is 18.0 Å². The van der Waals surface area contributed by atoms with Gasteiger partial charge in [0.25, 0.3) is 5.91 Å². The van der Waals surface area contributed by atoms with Gasteiger partial charge in [0, 0.05) is 5.69 Å². The van der Waals surface area contributed by atoms with Crippen LogP contribution in [0.5, 0.6) is 0 Å². The number of aryl methyl sites for hydroxylation is 2. The van der Waals surface area contributed by atoms with Gasteiger partial charge in [0.1, 0.15) is 5.82 Å². The zero-order valence-electron chi connectivity index (χ0n) is 13.2. The number of amides is 1. The van der Waals surface area contributed by atoms with Crippen LogP contribution in [0.4, 0.5) is 5.82 Å². The van der Waals surface area contributed by atoms with Gasteiger partial charge in [0.05, 0.1) is 23.8 Å². The normalized spacial score (nSPS) is 23.6. The number of pyridine rings is 1. The molecule has 0 aromatic carbocycles. The van der Waals surface area contributed by atoms with Crippen LogP contribution in [-0.4, -0.2) is 42.2 Å². The molecular formula is C16H24N4O2. The molecule has 3 heterocycles. The zero-order valence-corrected chi connectivity index (χ0v) is 13.2. The van der Waals surface area contributed by atoms with Gasteiger partial charge in [0.15, 0.2) is 0 Å². The maximum Gasteiger partial charge on any atom is 0.252 e. The number of carbonyl (C=O) groups excluding carboxylic acids is 1. The Morgan fingerprint density at radius 2 is 2.18 bits per heavy atom. The number of rotatable bonds is 3. The minimum absolute atomic E-state index is 0.0183. The van der Waals surface area contributed by atoms with E-state index in [0.717, 1.165) is 43.6 Å². The SMILES string of the molecule is Cc1cc(C(N)=O)c(NC2COC3(CCNCC3)C2)nc1C. The predicted octanol–water partition coefficient (Wildman–Crippen LogP) is 1.12. The van der Waals surface area contributed by atoms with Crippen molar-refractivity contribution in [2.75, 3.05) is 25.0 Å². The number of hydrogen-bond donors (Lipinski definition) is 3. The summed E-state index contributed by atoms with van der Waals surface area (Å²) in [6.07, 6.45) is 3.02. The Hall–Kier alpha value is -1.66. The summed E-state index contributed by atoms with van der Waals surface area (Å²) in [6.45, 7) is 6.51. The van der Waals surface area contributed by atoms with Crippen LogP contribution in [0.15, 0.2) is 6.07 Å². The second-order valence-corrected chi connectivity index (χ2v) is 6.44. The van der Waals surface area contributed by atoms with E-state index in [4.69, 9.17) is 10.5 Å². The van der Waals surface area contributed by atoms with Gasteiger partial charge in [0.2, 0.25) is 0 Å². The lowest BCUT2D eigenvalue weighted by Gasteiger charge is -2.32. The summed E-state index contributed by atoms with van der Waals surface area (Å²) in [4.78, 5) is 16.2. The highest BCUT2D eigenvalue weighted by Crippen LogP contribution is 2.35. The molecule has 1 aromatic rings. The van der Waals surface area contributed by atoms with Crippen LogP contribution in [0.25, 0.3) is 0 Å². The highest BCUT2D eigenvalue weighted by atomic mass is 16.5. The molecule has 22 heavy (non-hydrogen) atoms. The van der Waals surface area contributed by atoms with Crippen LogP contribution in [0, 0.1) is 13.8 Å². The molecule has 6 nitrogen and oxygen atoms in total. The molecule has 0 saturated carbocycles. The molecule has 2 aliphatic heterocycles. The minimum atomic E-state index is -0.450. The lowest BCUT2D eigenvalue weighted by molar-refractivity contribution is -0.0192. The summed E-state index contributed by atoms with van der Waals surface area (Å²) in [5.74, 6) is 0.128. The molecule has 1 unspecified atom stereocenters. The van der Waals surface area contributed by atoms with E-state index in [1.54, 1.807) is 0 Å². The van der Waals surface area contributed by atoms with Crippen molar-refractivity contribution >= 4 is 11.7 Å². The Labute approximate surface area is 130 Å². The van der Waals surface area contributed by atoms with Gasteiger partial charge in [-0.05, 0) is 57.8 Å². The average Bonchev–Trinajstić information content (AvgIpc) is 2.85. The van der Waals surface area contributed by atoms with Crippen molar-refractivity contribution in [3.63, 3.8) is 0 Å². The van der Waals surface area contributed by atoms with Crippen LogP contribution in [-0.2, 0) is 4.74 Å². The Balaban J connectivity index is 1.76. The van der Waals surface area contributed by atoms with Gasteiger partial charge in [-0.15, -0.1) is 0 Å². The fraction of sp³-hybridized carbons (Fsp3) is 0.625. The number of nitrogens with zero attached hydrogens (tertiary/aromatic N) is 1. The third-order valence-electron chi connectivity index (χ3n) is 4.80. The molecule has 0 bridgehead atoms. The first-order valence-corrected chi connectivity index (χ1v) is 7.88. The fourth-order valence-corrected chi connectivity index (χ4v) is 3.36. The summed E-state index contributed by atoms with van der Waals surface area (Å²) in [5.41, 5.74) is 7.80. The van der Waals surface area contributed by atoms with E-state index in [1.807, 2.05) is 19.9 Å². The Morgan fingerprint density at radius 3 is 2.86 bits per heavy atom. The van der Waals surface area contributed by atoms with Crippen molar-refractivity contribution < 1.29 is 9.53 Å². The molecule has 3 rings (SSSR count). The van der Waals surface area contributed by atoms with E-state index < -0.39 is 5.91 Å². The molecule has 1 atom stereocenters. The summed E-state index contributed by atoms with van der Waals surface area (Å²) in [5, 5.41) is 6.74. The molecule has 2 aliphatic rings. The third kappa shape index (κ3) is 2.94. The highest BCUT2D eigenvalue weighted by molar-refractivity contribution is 5.97. The monoisotopic (exact) mass is 304 g/mol. The first-order valence-electron chi connectivity index (χ1n) is 7.88. The molecule has 0 aliphatic carbocycles. The van der Waals surface area contributed by atoms with E-state index in [2.05, 4.69) is 15.6 Å². The summed E-state index contributed by atoms with van der Waals surface area (Å²) >= 11 is 0. The minimum Gasteiger partial charge on any atom is -0.373 e. The zero-order chi connectivity index (χ0) is 15.7. The van der Waals surface area contributed by atoms with E-state index in [1.165, 1.54) is 0 Å². The van der Waals surface area contributed by atoms with Crippen molar-refractivity contribution in [1.82, 2.24) is 10.3 Å². The topological polar surface area (TPSA) is 89.3 Å². The van der Waals surface area contributed by atoms with Gasteiger partial charge >= 0.3 is 0 Å². The molecule has 0 radical (unpaired) electrons. The van der Waals surface area contributed by atoms with Gasteiger partial charge in [-0.1, -0.05) is 0 Å². The number of aromatic nitrogens is 1. The van der Waals surface area contributed by atoms with Crippen molar-refractivity contribution in [3.05, 3.63) is 22.9 Å². The maximum atomic E-state index is 11.7. The summed E-state index contributed by atoms with van der Waals surface area (Å²) in [7, 11) is 0. The molecule has 1 amide bonds. The van der Waals surface area contributed by atoms with Crippen molar-refractivity contribution in [2.45, 2.75) is 44.8 Å². The van der Waals surface area contributed by atoms with Crippen molar-refractivity contribution in [2.24, 2.45) is 5.73 Å². The molecule has 2 saturated heterocycles. The van der Waals surface area contributed by atoms with E-state index >= 15 is 0 Å².